The summed E-state index contributed by atoms with van der Waals surface area (Å²) in [5, 5.41) is 3.44. The molecule has 0 aromatic heterocycles. The van der Waals surface area contributed by atoms with Gasteiger partial charge < -0.3 is 11.1 Å². The van der Waals surface area contributed by atoms with Crippen molar-refractivity contribution in [1.29, 1.82) is 0 Å². The van der Waals surface area contributed by atoms with Gasteiger partial charge in [0.05, 0.1) is 0 Å². The van der Waals surface area contributed by atoms with Crippen LogP contribution in [0.4, 0.5) is 0 Å². The standard InChI is InChI=1S/C16H24N2/c17-16(8-1-2-9-16)15-5-3-4-14(12-15)13-6-10-18-11-7-13/h3-5,12-13,18H,1-2,6-11,17H2. The molecule has 1 aromatic rings. The Morgan fingerprint density at radius 1 is 1.11 bits per heavy atom. The van der Waals surface area contributed by atoms with Gasteiger partial charge in [-0.05, 0) is 55.8 Å². The van der Waals surface area contributed by atoms with Crippen molar-refractivity contribution in [2.75, 3.05) is 13.1 Å². The lowest BCUT2D eigenvalue weighted by Crippen LogP contribution is -2.33. The maximum atomic E-state index is 6.57. The number of hydrogen-bond donors (Lipinski definition) is 2. The zero-order chi connectivity index (χ0) is 12.4. The highest BCUT2D eigenvalue weighted by molar-refractivity contribution is 5.32. The van der Waals surface area contributed by atoms with Crippen LogP contribution in [0.25, 0.3) is 0 Å². The van der Waals surface area contributed by atoms with Gasteiger partial charge in [-0.2, -0.15) is 0 Å². The van der Waals surface area contributed by atoms with Crippen LogP contribution >= 0.6 is 0 Å². The highest BCUT2D eigenvalue weighted by Crippen LogP contribution is 2.37. The van der Waals surface area contributed by atoms with Gasteiger partial charge in [-0.1, -0.05) is 37.1 Å². The number of hydrogen-bond acceptors (Lipinski definition) is 2. The Balaban J connectivity index is 1.84. The fourth-order valence-corrected chi connectivity index (χ4v) is 3.55. The van der Waals surface area contributed by atoms with Crippen molar-refractivity contribution in [3.8, 4) is 0 Å². The Morgan fingerprint density at radius 2 is 1.83 bits per heavy atom. The first-order valence-electron chi connectivity index (χ1n) is 7.38. The molecular formula is C16H24N2. The quantitative estimate of drug-likeness (QED) is 0.839. The second-order valence-electron chi connectivity index (χ2n) is 6.01. The van der Waals surface area contributed by atoms with Gasteiger partial charge in [0.1, 0.15) is 0 Å². The van der Waals surface area contributed by atoms with Crippen LogP contribution in [-0.4, -0.2) is 13.1 Å². The van der Waals surface area contributed by atoms with Crippen molar-refractivity contribution in [1.82, 2.24) is 5.32 Å². The predicted molar refractivity (Wildman–Crippen MR) is 75.6 cm³/mol. The van der Waals surface area contributed by atoms with Gasteiger partial charge in [0, 0.05) is 5.54 Å². The summed E-state index contributed by atoms with van der Waals surface area (Å²) in [7, 11) is 0. The third-order valence-electron chi connectivity index (χ3n) is 4.77. The van der Waals surface area contributed by atoms with Crippen LogP contribution in [0.3, 0.4) is 0 Å². The van der Waals surface area contributed by atoms with Crippen molar-refractivity contribution < 1.29 is 0 Å². The van der Waals surface area contributed by atoms with E-state index in [1.54, 1.807) is 0 Å². The summed E-state index contributed by atoms with van der Waals surface area (Å²) >= 11 is 0. The molecule has 0 atom stereocenters. The Labute approximate surface area is 110 Å². The molecule has 0 spiro atoms. The molecule has 98 valence electrons. The molecule has 2 fully saturated rings. The summed E-state index contributed by atoms with van der Waals surface area (Å²) in [5.41, 5.74) is 9.40. The average Bonchev–Trinajstić information content (AvgIpc) is 2.88. The Morgan fingerprint density at radius 3 is 2.56 bits per heavy atom. The van der Waals surface area contributed by atoms with E-state index in [1.165, 1.54) is 36.8 Å². The maximum absolute atomic E-state index is 6.57. The SMILES string of the molecule is NC1(c2cccc(C3CCNCC3)c2)CCCC1. The van der Waals surface area contributed by atoms with E-state index in [0.29, 0.717) is 0 Å². The van der Waals surface area contributed by atoms with Crippen LogP contribution in [-0.2, 0) is 5.54 Å². The predicted octanol–water partition coefficient (Wildman–Crippen LogP) is 2.88. The van der Waals surface area contributed by atoms with Crippen molar-refractivity contribution in [2.24, 2.45) is 5.73 Å². The molecule has 1 saturated heterocycles. The van der Waals surface area contributed by atoms with Crippen LogP contribution in [0.15, 0.2) is 24.3 Å². The highest BCUT2D eigenvalue weighted by atomic mass is 14.9. The minimum absolute atomic E-state index is 0.0388. The molecule has 1 heterocycles. The molecule has 18 heavy (non-hydrogen) atoms. The normalized spacial score (nSPS) is 24.3. The third kappa shape index (κ3) is 2.32. The minimum atomic E-state index is -0.0388. The number of benzene rings is 1. The van der Waals surface area contributed by atoms with E-state index in [-0.39, 0.29) is 5.54 Å². The Hall–Kier alpha value is -0.860. The van der Waals surface area contributed by atoms with Crippen LogP contribution in [0.5, 0.6) is 0 Å². The fourth-order valence-electron chi connectivity index (χ4n) is 3.55. The highest BCUT2D eigenvalue weighted by Gasteiger charge is 2.31. The summed E-state index contributed by atoms with van der Waals surface area (Å²) in [6, 6.07) is 9.12. The minimum Gasteiger partial charge on any atom is -0.321 e. The molecule has 0 bridgehead atoms. The lowest BCUT2D eigenvalue weighted by molar-refractivity contribution is 0.449. The van der Waals surface area contributed by atoms with Gasteiger partial charge in [0.2, 0.25) is 0 Å². The molecule has 1 aliphatic heterocycles. The fraction of sp³-hybridized carbons (Fsp3) is 0.625. The van der Waals surface area contributed by atoms with Crippen molar-refractivity contribution in [3.05, 3.63) is 35.4 Å². The molecule has 1 saturated carbocycles. The summed E-state index contributed by atoms with van der Waals surface area (Å²) in [4.78, 5) is 0. The van der Waals surface area contributed by atoms with E-state index >= 15 is 0 Å². The molecule has 3 rings (SSSR count). The Kier molecular flexibility index (Phi) is 3.40. The van der Waals surface area contributed by atoms with E-state index < -0.39 is 0 Å². The van der Waals surface area contributed by atoms with Crippen LogP contribution in [0, 0.1) is 0 Å². The number of nitrogens with one attached hydrogen (secondary N) is 1. The smallest absolute Gasteiger partial charge is 0.0409 e. The van der Waals surface area contributed by atoms with Crippen LogP contribution < -0.4 is 11.1 Å². The van der Waals surface area contributed by atoms with Gasteiger partial charge in [-0.25, -0.2) is 0 Å². The lowest BCUT2D eigenvalue weighted by Gasteiger charge is -2.27. The maximum Gasteiger partial charge on any atom is 0.0409 e. The molecule has 2 aliphatic rings. The van der Waals surface area contributed by atoms with Gasteiger partial charge >= 0.3 is 0 Å². The first-order chi connectivity index (χ1) is 8.78. The third-order valence-corrected chi connectivity index (χ3v) is 4.77. The molecule has 2 nitrogen and oxygen atoms in total. The van der Waals surface area contributed by atoms with E-state index in [4.69, 9.17) is 5.73 Å². The number of piperidine rings is 1. The molecule has 1 aromatic carbocycles. The van der Waals surface area contributed by atoms with E-state index in [9.17, 15) is 0 Å². The average molecular weight is 244 g/mol. The van der Waals surface area contributed by atoms with Crippen molar-refractivity contribution in [3.63, 3.8) is 0 Å². The second-order valence-corrected chi connectivity index (χ2v) is 6.01. The zero-order valence-corrected chi connectivity index (χ0v) is 11.1. The topological polar surface area (TPSA) is 38.0 Å². The van der Waals surface area contributed by atoms with E-state index in [1.807, 2.05) is 0 Å². The summed E-state index contributed by atoms with van der Waals surface area (Å²) in [6.45, 7) is 2.31. The summed E-state index contributed by atoms with van der Waals surface area (Å²) in [6.07, 6.45) is 7.41. The van der Waals surface area contributed by atoms with Gasteiger partial charge in [-0.3, -0.25) is 0 Å². The largest absolute Gasteiger partial charge is 0.321 e. The second kappa shape index (κ2) is 5.02. The molecule has 0 unspecified atom stereocenters. The first kappa shape index (κ1) is 12.2. The lowest BCUT2D eigenvalue weighted by atomic mass is 9.84. The Bertz CT molecular complexity index is 401. The number of rotatable bonds is 2. The van der Waals surface area contributed by atoms with E-state index in [2.05, 4.69) is 29.6 Å². The molecule has 0 radical (unpaired) electrons. The summed E-state index contributed by atoms with van der Waals surface area (Å²) in [5.74, 6) is 0.733. The molecule has 1 aliphatic carbocycles. The monoisotopic (exact) mass is 244 g/mol. The molecular weight excluding hydrogens is 220 g/mol. The van der Waals surface area contributed by atoms with Gasteiger partial charge in [-0.15, -0.1) is 0 Å². The molecule has 3 N–H and O–H groups in total. The summed E-state index contributed by atoms with van der Waals surface area (Å²) < 4.78 is 0. The zero-order valence-electron chi connectivity index (χ0n) is 11.1. The van der Waals surface area contributed by atoms with Crippen LogP contribution in [0.1, 0.15) is 55.6 Å². The van der Waals surface area contributed by atoms with Gasteiger partial charge in [0.25, 0.3) is 0 Å². The van der Waals surface area contributed by atoms with Gasteiger partial charge in [0.15, 0.2) is 0 Å². The van der Waals surface area contributed by atoms with Crippen molar-refractivity contribution in [2.45, 2.75) is 50.0 Å². The van der Waals surface area contributed by atoms with Crippen LogP contribution in [0.2, 0.25) is 0 Å². The first-order valence-corrected chi connectivity index (χ1v) is 7.38. The number of nitrogens with two attached hydrogens (primary N) is 1. The molecule has 2 heteroatoms. The van der Waals surface area contributed by atoms with Crippen molar-refractivity contribution >= 4 is 0 Å². The van der Waals surface area contributed by atoms with E-state index in [0.717, 1.165) is 31.8 Å². The molecule has 0 amide bonds.